The van der Waals surface area contributed by atoms with E-state index in [0.29, 0.717) is 25.2 Å². The minimum Gasteiger partial charge on any atom is -0.367 e. The zero-order valence-corrected chi connectivity index (χ0v) is 18.5. The van der Waals surface area contributed by atoms with Crippen molar-refractivity contribution < 1.29 is 9.90 Å². The van der Waals surface area contributed by atoms with Crippen LogP contribution in [0, 0.1) is 17.2 Å². The highest BCUT2D eigenvalue weighted by molar-refractivity contribution is 5.83. The van der Waals surface area contributed by atoms with E-state index in [0.717, 1.165) is 63.0 Å². The number of nitrogens with two attached hydrogens (primary N) is 1. The number of hydrogen-bond donors (Lipinski definition) is 2. The number of imidazole rings is 1. The number of nitrogens with zero attached hydrogens (tertiary/aromatic N) is 5. The number of nitriles is 1. The Balaban J connectivity index is 1.36. The summed E-state index contributed by atoms with van der Waals surface area (Å²) in [4.78, 5) is 20.9. The molecule has 1 amide bonds. The molecule has 8 nitrogen and oxygen atoms in total. The third kappa shape index (κ3) is 4.70. The van der Waals surface area contributed by atoms with Gasteiger partial charge >= 0.3 is 0 Å². The van der Waals surface area contributed by atoms with Gasteiger partial charge in [0.25, 0.3) is 5.91 Å². The molecule has 1 aromatic carbocycles. The van der Waals surface area contributed by atoms with Crippen molar-refractivity contribution in [3.8, 4) is 6.07 Å². The molecule has 2 fully saturated rings. The van der Waals surface area contributed by atoms with E-state index in [1.165, 1.54) is 0 Å². The molecule has 32 heavy (non-hydrogen) atoms. The molecule has 170 valence electrons. The quantitative estimate of drug-likeness (QED) is 0.683. The summed E-state index contributed by atoms with van der Waals surface area (Å²) in [5, 5.41) is 20.3. The van der Waals surface area contributed by atoms with Gasteiger partial charge in [0.05, 0.1) is 23.7 Å². The molecule has 0 bridgehead atoms. The number of rotatable bonds is 7. The number of primary amides is 1. The first kappa shape index (κ1) is 22.5. The van der Waals surface area contributed by atoms with Crippen LogP contribution in [-0.4, -0.2) is 62.3 Å². The molecule has 1 aliphatic heterocycles. The first-order chi connectivity index (χ1) is 15.5. The smallest absolute Gasteiger partial charge is 0.265 e. The fourth-order valence-electron chi connectivity index (χ4n) is 5.10. The molecule has 0 spiro atoms. The zero-order chi connectivity index (χ0) is 22.6. The van der Waals surface area contributed by atoms with Gasteiger partial charge in [-0.05, 0) is 30.5 Å². The molecule has 0 radical (unpaired) electrons. The van der Waals surface area contributed by atoms with Gasteiger partial charge in [0.1, 0.15) is 0 Å². The second-order valence-corrected chi connectivity index (χ2v) is 9.01. The largest absolute Gasteiger partial charge is 0.367 e. The predicted octanol–water partition coefficient (Wildman–Crippen LogP) is 1.67. The summed E-state index contributed by atoms with van der Waals surface area (Å²) in [6.45, 7) is 4.18. The minimum absolute atomic E-state index is 0.0749. The van der Waals surface area contributed by atoms with E-state index < -0.39 is 11.6 Å². The molecule has 1 aliphatic carbocycles. The van der Waals surface area contributed by atoms with Gasteiger partial charge in [-0.2, -0.15) is 5.26 Å². The SMILES string of the molecule is N#Cc1ccc(Cn2cncc2CN2CCN(C(O)(C(N)=O)C3CCCCC3)CC2)cc1. The van der Waals surface area contributed by atoms with Crippen molar-refractivity contribution in [3.63, 3.8) is 0 Å². The first-order valence-corrected chi connectivity index (χ1v) is 11.5. The normalized spacial score (nSPS) is 20.5. The van der Waals surface area contributed by atoms with Crippen LogP contribution < -0.4 is 5.73 Å². The number of carbonyl (C=O) groups is 1. The molecule has 1 atom stereocenters. The molecule has 2 aromatic rings. The van der Waals surface area contributed by atoms with Gasteiger partial charge in [-0.3, -0.25) is 14.6 Å². The highest BCUT2D eigenvalue weighted by Crippen LogP contribution is 2.35. The Morgan fingerprint density at radius 3 is 2.44 bits per heavy atom. The van der Waals surface area contributed by atoms with E-state index in [4.69, 9.17) is 11.0 Å². The summed E-state index contributed by atoms with van der Waals surface area (Å²) in [5.74, 6) is -0.688. The standard InChI is InChI=1S/C24H32N6O2/c25-14-19-6-8-20(9-7-19)16-29-18-27-15-22(29)17-28-10-12-30(13-11-28)24(32,23(26)31)21-4-2-1-3-5-21/h6-9,15,18,21,32H,1-5,10-13,16-17H2,(H2,26,31). The van der Waals surface area contributed by atoms with Crippen LogP contribution in [0.2, 0.25) is 0 Å². The van der Waals surface area contributed by atoms with E-state index in [1.54, 1.807) is 0 Å². The molecule has 1 saturated heterocycles. The van der Waals surface area contributed by atoms with E-state index >= 15 is 0 Å². The molecule has 8 heteroatoms. The van der Waals surface area contributed by atoms with Crippen LogP contribution in [-0.2, 0) is 17.9 Å². The maximum atomic E-state index is 12.3. The van der Waals surface area contributed by atoms with Gasteiger partial charge in [0, 0.05) is 51.4 Å². The minimum atomic E-state index is -1.54. The number of hydrogen-bond acceptors (Lipinski definition) is 6. The zero-order valence-electron chi connectivity index (χ0n) is 18.5. The third-order valence-corrected chi connectivity index (χ3v) is 7.01. The molecule has 1 unspecified atom stereocenters. The number of amides is 1. The molecule has 2 aliphatic rings. The Labute approximate surface area is 189 Å². The summed E-state index contributed by atoms with van der Waals surface area (Å²) in [7, 11) is 0. The van der Waals surface area contributed by atoms with E-state index in [1.807, 2.05) is 41.7 Å². The van der Waals surface area contributed by atoms with Crippen molar-refractivity contribution in [1.82, 2.24) is 19.4 Å². The second kappa shape index (κ2) is 9.82. The lowest BCUT2D eigenvalue weighted by molar-refractivity contribution is -0.184. The van der Waals surface area contributed by atoms with Crippen molar-refractivity contribution in [1.29, 1.82) is 5.26 Å². The Bertz CT molecular complexity index is 952. The van der Waals surface area contributed by atoms with Crippen molar-refractivity contribution in [2.75, 3.05) is 26.2 Å². The van der Waals surface area contributed by atoms with E-state index in [9.17, 15) is 9.90 Å². The Morgan fingerprint density at radius 2 is 1.81 bits per heavy atom. The average Bonchev–Trinajstić information content (AvgIpc) is 3.26. The van der Waals surface area contributed by atoms with Crippen LogP contribution in [0.25, 0.3) is 0 Å². The lowest BCUT2D eigenvalue weighted by atomic mass is 9.80. The fraction of sp³-hybridized carbons (Fsp3) is 0.542. The summed E-state index contributed by atoms with van der Waals surface area (Å²) in [5.41, 5.74) is 7.06. The third-order valence-electron chi connectivity index (χ3n) is 7.01. The van der Waals surface area contributed by atoms with Gasteiger partial charge in [-0.1, -0.05) is 31.4 Å². The fourth-order valence-corrected chi connectivity index (χ4v) is 5.10. The molecule has 4 rings (SSSR count). The number of carbonyl (C=O) groups excluding carboxylic acids is 1. The van der Waals surface area contributed by atoms with Crippen LogP contribution in [0.3, 0.4) is 0 Å². The molecule has 1 saturated carbocycles. The summed E-state index contributed by atoms with van der Waals surface area (Å²) in [6, 6.07) is 9.74. The van der Waals surface area contributed by atoms with Gasteiger partial charge in [-0.15, -0.1) is 0 Å². The van der Waals surface area contributed by atoms with Crippen molar-refractivity contribution in [2.45, 2.75) is 50.9 Å². The maximum Gasteiger partial charge on any atom is 0.265 e. The van der Waals surface area contributed by atoms with Gasteiger partial charge in [0.2, 0.25) is 5.72 Å². The monoisotopic (exact) mass is 436 g/mol. The van der Waals surface area contributed by atoms with Crippen LogP contribution in [0.4, 0.5) is 0 Å². The molecular formula is C24H32N6O2. The predicted molar refractivity (Wildman–Crippen MR) is 120 cm³/mol. The first-order valence-electron chi connectivity index (χ1n) is 11.5. The van der Waals surface area contributed by atoms with Crippen LogP contribution in [0.15, 0.2) is 36.8 Å². The molecular weight excluding hydrogens is 404 g/mol. The van der Waals surface area contributed by atoms with Crippen molar-refractivity contribution in [3.05, 3.63) is 53.6 Å². The average molecular weight is 437 g/mol. The number of aliphatic hydroxyl groups is 1. The Morgan fingerprint density at radius 1 is 1.12 bits per heavy atom. The summed E-state index contributed by atoms with van der Waals surface area (Å²) >= 11 is 0. The van der Waals surface area contributed by atoms with Crippen LogP contribution in [0.5, 0.6) is 0 Å². The van der Waals surface area contributed by atoms with E-state index in [2.05, 4.69) is 20.5 Å². The van der Waals surface area contributed by atoms with Gasteiger partial charge in [-0.25, -0.2) is 4.98 Å². The second-order valence-electron chi connectivity index (χ2n) is 9.01. The highest BCUT2D eigenvalue weighted by atomic mass is 16.3. The highest BCUT2D eigenvalue weighted by Gasteiger charge is 2.48. The number of benzene rings is 1. The summed E-state index contributed by atoms with van der Waals surface area (Å²) < 4.78 is 2.12. The van der Waals surface area contributed by atoms with Crippen LogP contribution >= 0.6 is 0 Å². The maximum absolute atomic E-state index is 12.3. The summed E-state index contributed by atoms with van der Waals surface area (Å²) in [6.07, 6.45) is 8.68. The van der Waals surface area contributed by atoms with Crippen molar-refractivity contribution >= 4 is 5.91 Å². The van der Waals surface area contributed by atoms with Crippen LogP contribution in [0.1, 0.15) is 48.9 Å². The lowest BCUT2D eigenvalue weighted by Gasteiger charge is -2.47. The topological polar surface area (TPSA) is 111 Å². The van der Waals surface area contributed by atoms with Crippen molar-refractivity contribution in [2.24, 2.45) is 11.7 Å². The lowest BCUT2D eigenvalue weighted by Crippen LogP contribution is -2.66. The molecule has 2 heterocycles. The van der Waals surface area contributed by atoms with Gasteiger partial charge < -0.3 is 15.4 Å². The molecule has 1 aromatic heterocycles. The van der Waals surface area contributed by atoms with Gasteiger partial charge in [0.15, 0.2) is 0 Å². The Kier molecular flexibility index (Phi) is 6.89. The Hall–Kier alpha value is -2.73. The number of aromatic nitrogens is 2. The van der Waals surface area contributed by atoms with E-state index in [-0.39, 0.29) is 5.92 Å². The molecule has 3 N–H and O–H groups in total. The number of piperazine rings is 1.